The van der Waals surface area contributed by atoms with Gasteiger partial charge in [0.15, 0.2) is 0 Å². The Labute approximate surface area is 118 Å². The molecule has 102 valence electrons. The summed E-state index contributed by atoms with van der Waals surface area (Å²) in [5.41, 5.74) is 0.849. The summed E-state index contributed by atoms with van der Waals surface area (Å²) in [5, 5.41) is 1.05. The minimum absolute atomic E-state index is 0.159. The van der Waals surface area contributed by atoms with Crippen LogP contribution in [0.2, 0.25) is 0 Å². The smallest absolute Gasteiger partial charge is 0.267 e. The van der Waals surface area contributed by atoms with E-state index in [1.165, 1.54) is 8.97 Å². The molecule has 2 aromatic heterocycles. The first kappa shape index (κ1) is 11.8. The molecule has 0 aliphatic carbocycles. The van der Waals surface area contributed by atoms with Crippen molar-refractivity contribution in [3.05, 3.63) is 69.2 Å². The second-order valence-corrected chi connectivity index (χ2v) is 4.95. The van der Waals surface area contributed by atoms with Gasteiger partial charge in [0.25, 0.3) is 11.1 Å². The first-order valence-electron chi connectivity index (χ1n) is 6.58. The Morgan fingerprint density at radius 1 is 0.857 bits per heavy atom. The fourth-order valence-corrected chi connectivity index (χ4v) is 2.68. The molecule has 0 saturated carbocycles. The van der Waals surface area contributed by atoms with Gasteiger partial charge >= 0.3 is 0 Å². The third-order valence-corrected chi connectivity index (χ3v) is 3.74. The SMILES string of the molecule is Cn1c(=O)c2ccccc2n2c(=O)c3ccccc3nc12. The second-order valence-electron chi connectivity index (χ2n) is 4.95. The number of fused-ring (bicyclic) bond motifs is 4. The second kappa shape index (κ2) is 4.02. The third kappa shape index (κ3) is 1.48. The maximum absolute atomic E-state index is 12.8. The average Bonchev–Trinajstić information content (AvgIpc) is 2.52. The highest BCUT2D eigenvalue weighted by Crippen LogP contribution is 2.13. The first-order chi connectivity index (χ1) is 10.2. The van der Waals surface area contributed by atoms with Gasteiger partial charge in [-0.05, 0) is 24.3 Å². The zero-order valence-electron chi connectivity index (χ0n) is 11.3. The molecule has 5 nitrogen and oxygen atoms in total. The van der Waals surface area contributed by atoms with Crippen LogP contribution in [-0.2, 0) is 7.05 Å². The van der Waals surface area contributed by atoms with Crippen LogP contribution >= 0.6 is 0 Å². The van der Waals surface area contributed by atoms with Gasteiger partial charge in [0.2, 0.25) is 5.78 Å². The topological polar surface area (TPSA) is 56.4 Å². The Bertz CT molecular complexity index is 1140. The number of nitrogens with zero attached hydrogens (tertiary/aromatic N) is 3. The number of aromatic nitrogens is 3. The van der Waals surface area contributed by atoms with Gasteiger partial charge < -0.3 is 0 Å². The summed E-state index contributed by atoms with van der Waals surface area (Å²) in [6, 6.07) is 14.2. The summed E-state index contributed by atoms with van der Waals surface area (Å²) < 4.78 is 2.91. The van der Waals surface area contributed by atoms with Crippen LogP contribution < -0.4 is 11.1 Å². The van der Waals surface area contributed by atoms with E-state index in [4.69, 9.17) is 0 Å². The van der Waals surface area contributed by atoms with Crippen LogP contribution in [-0.4, -0.2) is 14.0 Å². The minimum atomic E-state index is -0.164. The van der Waals surface area contributed by atoms with Gasteiger partial charge in [-0.25, -0.2) is 9.38 Å². The van der Waals surface area contributed by atoms with Gasteiger partial charge in [-0.2, -0.15) is 0 Å². The fraction of sp³-hybridized carbons (Fsp3) is 0.0625. The lowest BCUT2D eigenvalue weighted by atomic mass is 10.2. The van der Waals surface area contributed by atoms with Gasteiger partial charge in [0, 0.05) is 7.05 Å². The van der Waals surface area contributed by atoms with Gasteiger partial charge in [-0.1, -0.05) is 24.3 Å². The van der Waals surface area contributed by atoms with Crippen LogP contribution in [0.15, 0.2) is 58.1 Å². The molecule has 5 heteroatoms. The summed E-state index contributed by atoms with van der Waals surface area (Å²) in [5.74, 6) is 0.349. The summed E-state index contributed by atoms with van der Waals surface area (Å²) in [4.78, 5) is 29.6. The number of benzene rings is 2. The maximum Gasteiger partial charge on any atom is 0.267 e. The van der Waals surface area contributed by atoms with Gasteiger partial charge in [0.1, 0.15) is 0 Å². The quantitative estimate of drug-likeness (QED) is 0.363. The van der Waals surface area contributed by atoms with Gasteiger partial charge in [-0.3, -0.25) is 14.2 Å². The summed E-state index contributed by atoms with van der Waals surface area (Å²) in [6.07, 6.45) is 0. The molecule has 0 aliphatic heterocycles. The van der Waals surface area contributed by atoms with Crippen molar-refractivity contribution in [2.75, 3.05) is 0 Å². The Balaban J connectivity index is 2.47. The molecule has 0 radical (unpaired) electrons. The Morgan fingerprint density at radius 3 is 2.33 bits per heavy atom. The van der Waals surface area contributed by atoms with E-state index in [0.29, 0.717) is 27.6 Å². The molecule has 4 aromatic rings. The zero-order chi connectivity index (χ0) is 14.6. The van der Waals surface area contributed by atoms with Crippen LogP contribution in [0, 0.1) is 0 Å². The molecule has 0 fully saturated rings. The molecular formula is C16H11N3O2. The van der Waals surface area contributed by atoms with E-state index in [1.807, 2.05) is 18.2 Å². The maximum atomic E-state index is 12.8. The van der Waals surface area contributed by atoms with Crippen molar-refractivity contribution in [1.82, 2.24) is 14.0 Å². The van der Waals surface area contributed by atoms with E-state index >= 15 is 0 Å². The fourth-order valence-electron chi connectivity index (χ4n) is 2.68. The van der Waals surface area contributed by atoms with Crippen molar-refractivity contribution in [2.24, 2.45) is 7.05 Å². The van der Waals surface area contributed by atoms with Crippen molar-refractivity contribution < 1.29 is 0 Å². The van der Waals surface area contributed by atoms with Gasteiger partial charge in [0.05, 0.1) is 21.8 Å². The van der Waals surface area contributed by atoms with Crippen LogP contribution in [0.5, 0.6) is 0 Å². The van der Waals surface area contributed by atoms with E-state index in [9.17, 15) is 9.59 Å². The normalized spacial score (nSPS) is 11.5. The predicted octanol–water partition coefficient (Wildman–Crippen LogP) is 1.70. The van der Waals surface area contributed by atoms with E-state index < -0.39 is 0 Å². The summed E-state index contributed by atoms with van der Waals surface area (Å²) in [6.45, 7) is 0. The highest BCUT2D eigenvalue weighted by molar-refractivity contribution is 5.84. The molecule has 0 amide bonds. The standard InChI is InChI=1S/C16H11N3O2/c1-18-14(20)11-7-3-5-9-13(11)19-15(21)10-6-2-4-8-12(10)17-16(18)19/h2-9H,1H3. The molecule has 0 atom stereocenters. The van der Waals surface area contributed by atoms with E-state index in [0.717, 1.165) is 0 Å². The highest BCUT2D eigenvalue weighted by Gasteiger charge is 2.12. The van der Waals surface area contributed by atoms with Crippen LogP contribution in [0.4, 0.5) is 0 Å². The highest BCUT2D eigenvalue weighted by atomic mass is 16.1. The van der Waals surface area contributed by atoms with Crippen molar-refractivity contribution in [2.45, 2.75) is 0 Å². The number of hydrogen-bond acceptors (Lipinski definition) is 3. The lowest BCUT2D eigenvalue weighted by molar-refractivity contribution is 0.847. The molecule has 0 spiro atoms. The molecule has 0 N–H and O–H groups in total. The van der Waals surface area contributed by atoms with E-state index in [2.05, 4.69) is 4.98 Å². The molecule has 0 unspecified atom stereocenters. The molecule has 2 aromatic carbocycles. The van der Waals surface area contributed by atoms with Gasteiger partial charge in [-0.15, -0.1) is 0 Å². The number of rotatable bonds is 0. The first-order valence-corrected chi connectivity index (χ1v) is 6.58. The Kier molecular flexibility index (Phi) is 2.27. The average molecular weight is 277 g/mol. The zero-order valence-corrected chi connectivity index (χ0v) is 11.3. The van der Waals surface area contributed by atoms with Crippen molar-refractivity contribution in [1.29, 1.82) is 0 Å². The minimum Gasteiger partial charge on any atom is -0.281 e. The Morgan fingerprint density at radius 2 is 1.52 bits per heavy atom. The Hall–Kier alpha value is -2.95. The van der Waals surface area contributed by atoms with Crippen molar-refractivity contribution >= 4 is 27.6 Å². The lowest BCUT2D eigenvalue weighted by Crippen LogP contribution is -2.27. The summed E-state index contributed by atoms with van der Waals surface area (Å²) >= 11 is 0. The number of hydrogen-bond donors (Lipinski definition) is 0. The third-order valence-electron chi connectivity index (χ3n) is 3.74. The molecule has 2 heterocycles. The van der Waals surface area contributed by atoms with E-state index in [1.54, 1.807) is 37.4 Å². The monoisotopic (exact) mass is 277 g/mol. The van der Waals surface area contributed by atoms with Crippen molar-refractivity contribution in [3.8, 4) is 0 Å². The van der Waals surface area contributed by atoms with Crippen LogP contribution in [0.25, 0.3) is 27.6 Å². The number of para-hydroxylation sites is 2. The predicted molar refractivity (Wildman–Crippen MR) is 81.7 cm³/mol. The molecule has 4 rings (SSSR count). The van der Waals surface area contributed by atoms with Crippen LogP contribution in [0.1, 0.15) is 0 Å². The van der Waals surface area contributed by atoms with Crippen LogP contribution in [0.3, 0.4) is 0 Å². The molecule has 21 heavy (non-hydrogen) atoms. The molecule has 0 saturated heterocycles. The molecule has 0 aliphatic rings. The summed E-state index contributed by atoms with van der Waals surface area (Å²) in [7, 11) is 1.63. The van der Waals surface area contributed by atoms with Crippen molar-refractivity contribution in [3.63, 3.8) is 0 Å². The molecular weight excluding hydrogens is 266 g/mol. The number of aryl methyl sites for hydroxylation is 1. The molecule has 0 bridgehead atoms. The lowest BCUT2D eigenvalue weighted by Gasteiger charge is -2.10. The van der Waals surface area contributed by atoms with E-state index in [-0.39, 0.29) is 11.1 Å². The largest absolute Gasteiger partial charge is 0.281 e.